The van der Waals surface area contributed by atoms with Crippen LogP contribution in [0.15, 0.2) is 40.9 Å². The van der Waals surface area contributed by atoms with Crippen molar-refractivity contribution in [1.29, 1.82) is 0 Å². The number of nitrogens with zero attached hydrogens (tertiary/aromatic N) is 1. The molecule has 2 aromatic carbocycles. The monoisotopic (exact) mass is 375 g/mol. The average Bonchev–Trinajstić information content (AvgIpc) is 3.42. The van der Waals surface area contributed by atoms with Crippen molar-refractivity contribution in [3.8, 4) is 11.8 Å². The first-order valence-electron chi connectivity index (χ1n) is 8.79. The smallest absolute Gasteiger partial charge is 0.342 e. The number of hydrogen-bond donors (Lipinski definition) is 1. The Morgan fingerprint density at radius 1 is 1.14 bits per heavy atom. The fraction of sp³-hybridized carbons (Fsp3) is 0.227. The Bertz CT molecular complexity index is 1170. The predicted octanol–water partition coefficient (Wildman–Crippen LogP) is 3.44. The predicted molar refractivity (Wildman–Crippen MR) is 101 cm³/mol. The van der Waals surface area contributed by atoms with Gasteiger partial charge in [0.05, 0.1) is 18.2 Å². The van der Waals surface area contributed by atoms with Gasteiger partial charge in [0.2, 0.25) is 5.76 Å². The summed E-state index contributed by atoms with van der Waals surface area (Å²) in [5.74, 6) is 4.40. The van der Waals surface area contributed by atoms with Crippen molar-refractivity contribution in [2.24, 2.45) is 0 Å². The molecule has 1 aliphatic carbocycles. The highest BCUT2D eigenvalue weighted by Gasteiger charge is 2.52. The van der Waals surface area contributed by atoms with Gasteiger partial charge in [0.1, 0.15) is 5.56 Å². The summed E-state index contributed by atoms with van der Waals surface area (Å²) in [5.41, 5.74) is 1.46. The SMILES string of the molecule is COC(=O)C1(c2ccc3cc(C#Cc4onc(C)c4C(=O)O)ccc3c2)CC1. The van der Waals surface area contributed by atoms with Crippen molar-refractivity contribution >= 4 is 22.7 Å². The van der Waals surface area contributed by atoms with E-state index in [-0.39, 0.29) is 17.3 Å². The number of esters is 1. The number of carbonyl (C=O) groups excluding carboxylic acids is 1. The Kier molecular flexibility index (Phi) is 4.16. The van der Waals surface area contributed by atoms with E-state index >= 15 is 0 Å². The number of ether oxygens (including phenoxy) is 1. The summed E-state index contributed by atoms with van der Waals surface area (Å²) in [6.07, 6.45) is 1.61. The molecule has 0 atom stereocenters. The van der Waals surface area contributed by atoms with Gasteiger partial charge in [-0.15, -0.1) is 0 Å². The maximum atomic E-state index is 12.1. The number of carbonyl (C=O) groups is 2. The maximum Gasteiger partial charge on any atom is 0.342 e. The molecule has 6 nitrogen and oxygen atoms in total. The third-order valence-electron chi connectivity index (χ3n) is 5.12. The Morgan fingerprint density at radius 2 is 1.86 bits per heavy atom. The second-order valence-electron chi connectivity index (χ2n) is 6.88. The first-order chi connectivity index (χ1) is 13.4. The number of hydrogen-bond acceptors (Lipinski definition) is 5. The van der Waals surface area contributed by atoms with Gasteiger partial charge in [0, 0.05) is 5.56 Å². The largest absolute Gasteiger partial charge is 0.477 e. The zero-order valence-corrected chi connectivity index (χ0v) is 15.4. The number of fused-ring (bicyclic) bond motifs is 1. The van der Waals surface area contributed by atoms with Gasteiger partial charge in [-0.25, -0.2) is 4.79 Å². The number of benzene rings is 2. The summed E-state index contributed by atoms with van der Waals surface area (Å²) in [4.78, 5) is 23.4. The van der Waals surface area contributed by atoms with Gasteiger partial charge < -0.3 is 14.4 Å². The lowest BCUT2D eigenvalue weighted by Crippen LogP contribution is -2.21. The van der Waals surface area contributed by atoms with Crippen LogP contribution in [-0.2, 0) is 14.9 Å². The van der Waals surface area contributed by atoms with E-state index in [1.54, 1.807) is 6.92 Å². The number of aryl methyl sites for hydroxylation is 1. The summed E-state index contributed by atoms with van der Waals surface area (Å²) in [6, 6.07) is 11.6. The summed E-state index contributed by atoms with van der Waals surface area (Å²) >= 11 is 0. The summed E-state index contributed by atoms with van der Waals surface area (Å²) in [7, 11) is 1.42. The summed E-state index contributed by atoms with van der Waals surface area (Å²) in [6.45, 7) is 1.56. The van der Waals surface area contributed by atoms with Crippen LogP contribution in [0.3, 0.4) is 0 Å². The van der Waals surface area contributed by atoms with Gasteiger partial charge in [0.15, 0.2) is 0 Å². The molecule has 0 bridgehead atoms. The van der Waals surface area contributed by atoms with Crippen molar-refractivity contribution in [3.63, 3.8) is 0 Å². The molecule has 0 saturated heterocycles. The molecule has 0 spiro atoms. The van der Waals surface area contributed by atoms with Crippen LogP contribution >= 0.6 is 0 Å². The van der Waals surface area contributed by atoms with E-state index in [9.17, 15) is 14.7 Å². The topological polar surface area (TPSA) is 89.6 Å². The van der Waals surface area contributed by atoms with Gasteiger partial charge in [0.25, 0.3) is 0 Å². The molecule has 1 fully saturated rings. The zero-order chi connectivity index (χ0) is 19.9. The molecule has 28 heavy (non-hydrogen) atoms. The first-order valence-corrected chi connectivity index (χ1v) is 8.79. The minimum atomic E-state index is -1.12. The quantitative estimate of drug-likeness (QED) is 0.557. The highest BCUT2D eigenvalue weighted by atomic mass is 16.5. The van der Waals surface area contributed by atoms with Crippen LogP contribution in [-0.4, -0.2) is 29.3 Å². The first kappa shape index (κ1) is 17.8. The zero-order valence-electron chi connectivity index (χ0n) is 15.4. The lowest BCUT2D eigenvalue weighted by Gasteiger charge is -2.13. The maximum absolute atomic E-state index is 12.1. The Morgan fingerprint density at radius 3 is 2.54 bits per heavy atom. The van der Waals surface area contributed by atoms with Gasteiger partial charge >= 0.3 is 11.9 Å². The molecule has 0 unspecified atom stereocenters. The van der Waals surface area contributed by atoms with E-state index in [1.165, 1.54) is 7.11 Å². The molecule has 0 radical (unpaired) electrons. The Hall–Kier alpha value is -3.59. The number of methoxy groups -OCH3 is 1. The highest BCUT2D eigenvalue weighted by molar-refractivity contribution is 5.92. The van der Waals surface area contributed by atoms with Crippen LogP contribution in [0.2, 0.25) is 0 Å². The number of aromatic carboxylic acids is 1. The second kappa shape index (κ2) is 6.54. The van der Waals surface area contributed by atoms with Crippen LogP contribution in [0.5, 0.6) is 0 Å². The third-order valence-corrected chi connectivity index (χ3v) is 5.12. The van der Waals surface area contributed by atoms with E-state index in [0.29, 0.717) is 5.69 Å². The summed E-state index contributed by atoms with van der Waals surface area (Å²) in [5, 5.41) is 14.9. The van der Waals surface area contributed by atoms with Gasteiger partial charge in [-0.1, -0.05) is 35.3 Å². The molecule has 0 aliphatic heterocycles. The molecule has 1 aromatic heterocycles. The molecule has 3 aromatic rings. The highest BCUT2D eigenvalue weighted by Crippen LogP contribution is 2.49. The van der Waals surface area contributed by atoms with E-state index in [4.69, 9.17) is 9.26 Å². The van der Waals surface area contributed by atoms with Gasteiger partial charge in [-0.2, -0.15) is 0 Å². The third kappa shape index (κ3) is 2.91. The standard InChI is InChI=1S/C22H17NO5/c1-13-19(20(24)25)18(28-23-13)8-4-14-3-5-16-12-17(7-6-15(16)11-14)22(9-10-22)21(26)27-2/h3,5-7,11-12H,9-10H2,1-2H3,(H,24,25). The molecular formula is C22H17NO5. The van der Waals surface area contributed by atoms with Crippen molar-refractivity contribution in [2.75, 3.05) is 7.11 Å². The molecule has 6 heteroatoms. The number of rotatable bonds is 3. The fourth-order valence-electron chi connectivity index (χ4n) is 3.39. The second-order valence-corrected chi connectivity index (χ2v) is 6.88. The van der Waals surface area contributed by atoms with Crippen LogP contribution in [0.4, 0.5) is 0 Å². The lowest BCUT2D eigenvalue weighted by molar-refractivity contribution is -0.143. The Labute approximate surface area is 161 Å². The lowest BCUT2D eigenvalue weighted by atomic mass is 9.93. The van der Waals surface area contributed by atoms with Crippen LogP contribution < -0.4 is 0 Å². The summed E-state index contributed by atoms with van der Waals surface area (Å²) < 4.78 is 9.96. The van der Waals surface area contributed by atoms with Crippen molar-refractivity contribution < 1.29 is 24.0 Å². The molecule has 0 amide bonds. The molecule has 1 saturated carbocycles. The van der Waals surface area contributed by atoms with Crippen molar-refractivity contribution in [3.05, 3.63) is 64.5 Å². The van der Waals surface area contributed by atoms with Crippen LogP contribution in [0.25, 0.3) is 10.8 Å². The Balaban J connectivity index is 1.66. The van der Waals surface area contributed by atoms with Crippen molar-refractivity contribution in [2.45, 2.75) is 25.2 Å². The molecule has 140 valence electrons. The molecular weight excluding hydrogens is 358 g/mol. The van der Waals surface area contributed by atoms with Crippen LogP contribution in [0.1, 0.15) is 45.8 Å². The number of carboxylic acids is 1. The fourth-order valence-corrected chi connectivity index (χ4v) is 3.39. The van der Waals surface area contributed by atoms with Gasteiger partial charge in [-0.3, -0.25) is 4.79 Å². The van der Waals surface area contributed by atoms with Crippen molar-refractivity contribution in [1.82, 2.24) is 5.16 Å². The van der Waals surface area contributed by atoms with Gasteiger partial charge in [-0.05, 0) is 54.2 Å². The normalized spacial score (nSPS) is 14.2. The minimum absolute atomic E-state index is 0.0181. The molecule has 4 rings (SSSR count). The average molecular weight is 375 g/mol. The minimum Gasteiger partial charge on any atom is -0.477 e. The molecule has 1 N–H and O–H groups in total. The van der Waals surface area contributed by atoms with E-state index in [1.807, 2.05) is 36.4 Å². The van der Waals surface area contributed by atoms with E-state index in [2.05, 4.69) is 17.0 Å². The van der Waals surface area contributed by atoms with E-state index < -0.39 is 11.4 Å². The number of aromatic nitrogens is 1. The van der Waals surface area contributed by atoms with Crippen LogP contribution in [0, 0.1) is 18.8 Å². The molecule has 1 heterocycles. The molecule has 1 aliphatic rings. The van der Waals surface area contributed by atoms with E-state index in [0.717, 1.165) is 34.7 Å². The number of carboxylic acid groups (broad SMARTS) is 1.